The zero-order valence-electron chi connectivity index (χ0n) is 24.3. The van der Waals surface area contributed by atoms with E-state index in [2.05, 4.69) is 26.0 Å². The number of nitrogens with zero attached hydrogens (tertiary/aromatic N) is 2. The summed E-state index contributed by atoms with van der Waals surface area (Å²) in [6, 6.07) is 19.8. The fraction of sp³-hybridized carbons (Fsp3) is 0.576. The third-order valence-corrected chi connectivity index (χ3v) is 10.8. The highest BCUT2D eigenvalue weighted by Crippen LogP contribution is 2.49. The van der Waals surface area contributed by atoms with Gasteiger partial charge in [0.15, 0.2) is 5.60 Å². The smallest absolute Gasteiger partial charge is 0.352 e. The van der Waals surface area contributed by atoms with Crippen LogP contribution in [0.25, 0.3) is 0 Å². The van der Waals surface area contributed by atoms with Crippen molar-refractivity contribution >= 4 is 11.9 Å². The summed E-state index contributed by atoms with van der Waals surface area (Å²) in [5, 5.41) is 12.4. The van der Waals surface area contributed by atoms with Crippen molar-refractivity contribution in [2.75, 3.05) is 21.1 Å². The summed E-state index contributed by atoms with van der Waals surface area (Å²) >= 11 is 0. The molecule has 1 N–H and O–H groups in total. The Bertz CT molecular complexity index is 1200. The monoisotopic (exact) mass is 626 g/mol. The molecule has 4 aliphatic heterocycles. The van der Waals surface area contributed by atoms with Crippen LogP contribution in [0.15, 0.2) is 60.7 Å². The van der Waals surface area contributed by atoms with Crippen molar-refractivity contribution in [3.63, 3.8) is 0 Å². The van der Waals surface area contributed by atoms with E-state index in [9.17, 15) is 14.7 Å². The van der Waals surface area contributed by atoms with Crippen molar-refractivity contribution in [2.24, 2.45) is 5.92 Å². The summed E-state index contributed by atoms with van der Waals surface area (Å²) in [4.78, 5) is 30.3. The van der Waals surface area contributed by atoms with Crippen LogP contribution in [-0.4, -0.2) is 77.8 Å². The number of halogens is 1. The van der Waals surface area contributed by atoms with Gasteiger partial charge in [-0.2, -0.15) is 0 Å². The first-order valence-corrected chi connectivity index (χ1v) is 15.0. The van der Waals surface area contributed by atoms with Crippen molar-refractivity contribution in [3.05, 3.63) is 71.8 Å². The van der Waals surface area contributed by atoms with E-state index in [0.717, 1.165) is 55.8 Å². The van der Waals surface area contributed by atoms with Crippen LogP contribution in [0.1, 0.15) is 68.6 Å². The summed E-state index contributed by atoms with van der Waals surface area (Å²) in [6.07, 6.45) is 6.01. The summed E-state index contributed by atoms with van der Waals surface area (Å²) in [7, 11) is 6.67. The molecule has 222 valence electrons. The van der Waals surface area contributed by atoms with Crippen molar-refractivity contribution in [1.29, 1.82) is 0 Å². The van der Waals surface area contributed by atoms with Crippen molar-refractivity contribution in [3.8, 4) is 0 Å². The molecule has 4 fully saturated rings. The van der Waals surface area contributed by atoms with Gasteiger partial charge in [-0.1, -0.05) is 60.7 Å². The topological polar surface area (TPSA) is 76.1 Å². The van der Waals surface area contributed by atoms with Crippen molar-refractivity contribution < 1.29 is 45.6 Å². The molecule has 2 aromatic rings. The second kappa shape index (κ2) is 11.8. The summed E-state index contributed by atoms with van der Waals surface area (Å²) in [5.41, 5.74) is -0.792. The molecule has 4 aliphatic rings. The molecule has 4 bridgehead atoms. The zero-order valence-corrected chi connectivity index (χ0v) is 25.9. The normalized spacial score (nSPS) is 32.3. The number of ether oxygens (including phenoxy) is 2. The zero-order chi connectivity index (χ0) is 28.1. The number of aliphatic hydroxyl groups is 1. The Labute approximate surface area is 254 Å². The number of esters is 2. The van der Waals surface area contributed by atoms with E-state index in [1.165, 1.54) is 0 Å². The SMILES string of the molecule is CN1C2CCC1CC(OC(=O)C(OC(=O)C(O)(c1ccccc1)C1CC3CCC(C1)[N+]3(C)C)c1ccccc1)C2.[Br-]. The van der Waals surface area contributed by atoms with Gasteiger partial charge in [0.1, 0.15) is 6.10 Å². The Balaban J connectivity index is 0.00000337. The van der Waals surface area contributed by atoms with Gasteiger partial charge in [-0.3, -0.25) is 0 Å². The maximum absolute atomic E-state index is 14.2. The molecule has 6 rings (SSSR count). The lowest BCUT2D eigenvalue weighted by molar-refractivity contribution is -0.932. The van der Waals surface area contributed by atoms with Crippen LogP contribution in [0, 0.1) is 5.92 Å². The minimum absolute atomic E-state index is 0. The lowest BCUT2D eigenvalue weighted by atomic mass is 9.73. The van der Waals surface area contributed by atoms with Crippen LogP contribution >= 0.6 is 0 Å². The molecule has 0 radical (unpaired) electrons. The molecule has 4 saturated heterocycles. The van der Waals surface area contributed by atoms with Crippen molar-refractivity contribution in [1.82, 2.24) is 4.90 Å². The Hall–Kier alpha value is -2.26. The highest BCUT2D eigenvalue weighted by molar-refractivity contribution is 5.86. The number of piperidine rings is 2. The molecule has 0 spiro atoms. The number of carbonyl (C=O) groups is 2. The summed E-state index contributed by atoms with van der Waals surface area (Å²) in [5.74, 6) is -1.64. The standard InChI is InChI=1S/C33H43N2O5.BrH/c1-34-25-14-15-26(34)21-29(20-25)39-31(36)30(22-10-6-4-7-11-22)40-32(37)33(38,23-12-8-5-9-13-23)24-18-27-16-17-28(19-24)35(27,2)3;/h4-13,24-30,38H,14-21H2,1-3H3;1H/q+1;/p-1. The molecule has 0 aromatic heterocycles. The summed E-state index contributed by atoms with van der Waals surface area (Å²) in [6.45, 7) is 0. The first-order valence-electron chi connectivity index (χ1n) is 15.0. The number of hydrogen-bond acceptors (Lipinski definition) is 6. The quantitative estimate of drug-likeness (QED) is 0.369. The van der Waals surface area contributed by atoms with E-state index >= 15 is 0 Å². The third-order valence-electron chi connectivity index (χ3n) is 10.8. The number of benzene rings is 2. The van der Waals surface area contributed by atoms with Gasteiger partial charge >= 0.3 is 11.9 Å². The number of hydrogen-bond donors (Lipinski definition) is 1. The number of carbonyl (C=O) groups excluding carboxylic acids is 2. The summed E-state index contributed by atoms with van der Waals surface area (Å²) < 4.78 is 13.0. The lowest BCUT2D eigenvalue weighted by Gasteiger charge is -2.47. The second-order valence-corrected chi connectivity index (χ2v) is 13.1. The average molecular weight is 628 g/mol. The fourth-order valence-electron chi connectivity index (χ4n) is 8.19. The van der Waals surface area contributed by atoms with E-state index in [4.69, 9.17) is 9.47 Å². The molecule has 8 heteroatoms. The molecular weight excluding hydrogens is 584 g/mol. The van der Waals surface area contributed by atoms with Crippen LogP contribution < -0.4 is 17.0 Å². The first-order chi connectivity index (χ1) is 19.2. The van der Waals surface area contributed by atoms with Gasteiger partial charge in [0, 0.05) is 49.2 Å². The van der Waals surface area contributed by atoms with Crippen LogP contribution in [0.4, 0.5) is 0 Å². The largest absolute Gasteiger partial charge is 1.00 e. The Morgan fingerprint density at radius 2 is 1.41 bits per heavy atom. The maximum atomic E-state index is 14.2. The molecule has 6 unspecified atom stereocenters. The van der Waals surface area contributed by atoms with Crippen LogP contribution in [0.5, 0.6) is 0 Å². The highest BCUT2D eigenvalue weighted by Gasteiger charge is 2.58. The van der Waals surface area contributed by atoms with Crippen LogP contribution in [0.2, 0.25) is 0 Å². The predicted molar refractivity (Wildman–Crippen MR) is 151 cm³/mol. The molecule has 6 atom stereocenters. The fourth-order valence-corrected chi connectivity index (χ4v) is 8.19. The molecule has 41 heavy (non-hydrogen) atoms. The molecule has 2 aromatic carbocycles. The van der Waals surface area contributed by atoms with Gasteiger partial charge in [0.2, 0.25) is 6.10 Å². The van der Waals surface area contributed by atoms with E-state index in [1.54, 1.807) is 24.3 Å². The molecule has 0 amide bonds. The van der Waals surface area contributed by atoms with Gasteiger partial charge in [-0.25, -0.2) is 9.59 Å². The number of rotatable bonds is 7. The van der Waals surface area contributed by atoms with Crippen molar-refractivity contribution in [2.45, 2.75) is 93.3 Å². The minimum Gasteiger partial charge on any atom is -1.00 e. The average Bonchev–Trinajstić information content (AvgIpc) is 3.23. The van der Waals surface area contributed by atoms with Gasteiger partial charge in [-0.15, -0.1) is 0 Å². The van der Waals surface area contributed by atoms with Gasteiger partial charge in [-0.05, 0) is 38.3 Å². The molecular formula is C33H43BrN2O5. The van der Waals surface area contributed by atoms with Crippen LogP contribution in [-0.2, 0) is 24.7 Å². The van der Waals surface area contributed by atoms with E-state index in [-0.39, 0.29) is 29.0 Å². The number of fused-ring (bicyclic) bond motifs is 4. The van der Waals surface area contributed by atoms with E-state index in [1.807, 2.05) is 36.4 Å². The Morgan fingerprint density at radius 1 is 0.878 bits per heavy atom. The third kappa shape index (κ3) is 5.49. The van der Waals surface area contributed by atoms with E-state index < -0.39 is 23.6 Å². The maximum Gasteiger partial charge on any atom is 0.352 e. The Morgan fingerprint density at radius 3 is 1.98 bits per heavy atom. The minimum atomic E-state index is -1.86. The Kier molecular flexibility index (Phi) is 8.68. The van der Waals surface area contributed by atoms with Gasteiger partial charge < -0.3 is 40.9 Å². The molecule has 7 nitrogen and oxygen atoms in total. The predicted octanol–water partition coefficient (Wildman–Crippen LogP) is 1.35. The lowest BCUT2D eigenvalue weighted by Crippen LogP contribution is -3.00. The van der Waals surface area contributed by atoms with Crippen LogP contribution in [0.3, 0.4) is 0 Å². The second-order valence-electron chi connectivity index (χ2n) is 13.1. The van der Waals surface area contributed by atoms with Gasteiger partial charge in [0.05, 0.1) is 26.2 Å². The van der Waals surface area contributed by atoms with E-state index in [0.29, 0.717) is 35.3 Å². The highest BCUT2D eigenvalue weighted by atomic mass is 79.9. The molecule has 0 saturated carbocycles. The number of quaternary nitrogens is 1. The molecule has 0 aliphatic carbocycles. The first kappa shape index (κ1) is 30.2. The molecule has 4 heterocycles. The van der Waals surface area contributed by atoms with Gasteiger partial charge in [0.25, 0.3) is 0 Å².